The lowest BCUT2D eigenvalue weighted by Gasteiger charge is -2.26. The lowest BCUT2D eigenvalue weighted by Crippen LogP contribution is -2.30. The molecule has 1 saturated heterocycles. The Kier molecular flexibility index (Phi) is 6.97. The fraction of sp³-hybridized carbons (Fsp3) is 0.423. The lowest BCUT2D eigenvalue weighted by atomic mass is 10.1. The van der Waals surface area contributed by atoms with Gasteiger partial charge in [0.2, 0.25) is 5.91 Å². The number of rotatable bonds is 7. The highest BCUT2D eigenvalue weighted by molar-refractivity contribution is 8.00. The van der Waals surface area contributed by atoms with E-state index in [0.717, 1.165) is 43.1 Å². The van der Waals surface area contributed by atoms with Crippen molar-refractivity contribution in [2.45, 2.75) is 62.4 Å². The maximum atomic E-state index is 13.6. The van der Waals surface area contributed by atoms with Crippen molar-refractivity contribution in [3.8, 4) is 5.69 Å². The van der Waals surface area contributed by atoms with Crippen LogP contribution in [0.3, 0.4) is 0 Å². The second-order valence-electron chi connectivity index (χ2n) is 9.13. The quantitative estimate of drug-likeness (QED) is 0.483. The van der Waals surface area contributed by atoms with E-state index in [2.05, 4.69) is 32.5 Å². The van der Waals surface area contributed by atoms with Gasteiger partial charge in [0.25, 0.3) is 0 Å². The van der Waals surface area contributed by atoms with Gasteiger partial charge in [0, 0.05) is 11.4 Å². The van der Waals surface area contributed by atoms with Gasteiger partial charge >= 0.3 is 0 Å². The average molecular weight is 480 g/mol. The molecule has 0 radical (unpaired) electrons. The van der Waals surface area contributed by atoms with Crippen LogP contribution in [0.5, 0.6) is 0 Å². The molecule has 1 aliphatic carbocycles. The zero-order chi connectivity index (χ0) is 23.5. The third-order valence-corrected chi connectivity index (χ3v) is 7.66. The first-order valence-electron chi connectivity index (χ1n) is 12.1. The van der Waals surface area contributed by atoms with Gasteiger partial charge < -0.3 is 5.32 Å². The summed E-state index contributed by atoms with van der Waals surface area (Å²) in [5, 5.41) is 12.2. The van der Waals surface area contributed by atoms with Crippen LogP contribution in [0.2, 0.25) is 0 Å². The zero-order valence-corrected chi connectivity index (χ0v) is 20.3. The second-order valence-corrected chi connectivity index (χ2v) is 10.4. The van der Waals surface area contributed by atoms with E-state index in [0.29, 0.717) is 11.7 Å². The smallest absolute Gasteiger partial charge is 0.237 e. The summed E-state index contributed by atoms with van der Waals surface area (Å²) in [7, 11) is 0. The molecule has 0 saturated carbocycles. The number of likely N-dealkylation sites (tertiary alicyclic amines) is 1. The molecule has 8 heteroatoms. The van der Waals surface area contributed by atoms with Crippen LogP contribution < -0.4 is 5.32 Å². The van der Waals surface area contributed by atoms with Gasteiger partial charge in [0.15, 0.2) is 11.0 Å². The number of benzene rings is 2. The first-order chi connectivity index (χ1) is 16.6. The Hall–Kier alpha value is -2.71. The fourth-order valence-corrected chi connectivity index (χ4v) is 5.64. The number of fused-ring (bicyclic) bond motifs is 1. The van der Waals surface area contributed by atoms with Crippen LogP contribution in [0.4, 0.5) is 10.1 Å². The Balaban J connectivity index is 1.34. The largest absolute Gasteiger partial charge is 0.325 e. The lowest BCUT2D eigenvalue weighted by molar-refractivity contribution is -0.115. The van der Waals surface area contributed by atoms with Crippen LogP contribution in [0, 0.1) is 5.82 Å². The van der Waals surface area contributed by atoms with Gasteiger partial charge in [-0.05, 0) is 99.6 Å². The van der Waals surface area contributed by atoms with E-state index in [9.17, 15) is 9.18 Å². The molecule has 2 aromatic carbocycles. The Morgan fingerprint density at radius 1 is 1.03 bits per heavy atom. The normalized spacial score (nSPS) is 16.9. The summed E-state index contributed by atoms with van der Waals surface area (Å²) in [6.07, 6.45) is 7.01. The van der Waals surface area contributed by atoms with Gasteiger partial charge in [-0.15, -0.1) is 10.2 Å². The van der Waals surface area contributed by atoms with E-state index in [-0.39, 0.29) is 17.0 Å². The number of aromatic nitrogens is 3. The number of nitrogens with one attached hydrogen (secondary N) is 1. The molecule has 1 aromatic heterocycles. The number of anilines is 1. The Bertz CT molecular complexity index is 1160. The summed E-state index contributed by atoms with van der Waals surface area (Å²) in [6, 6.07) is 12.5. The molecule has 2 heterocycles. The van der Waals surface area contributed by atoms with Crippen molar-refractivity contribution in [1.29, 1.82) is 0 Å². The molecule has 1 N–H and O–H groups in total. The zero-order valence-electron chi connectivity index (χ0n) is 19.5. The number of carbonyl (C=O) groups is 1. The molecular weight excluding hydrogens is 449 g/mol. The van der Waals surface area contributed by atoms with Crippen LogP contribution in [0.25, 0.3) is 5.69 Å². The van der Waals surface area contributed by atoms with Crippen molar-refractivity contribution in [2.24, 2.45) is 0 Å². The topological polar surface area (TPSA) is 63.1 Å². The fourth-order valence-electron chi connectivity index (χ4n) is 4.75. The van der Waals surface area contributed by atoms with Crippen LogP contribution in [-0.4, -0.2) is 43.9 Å². The number of carbonyl (C=O) groups excluding carboxylic acids is 1. The van der Waals surface area contributed by atoms with Crippen molar-refractivity contribution in [3.05, 3.63) is 65.2 Å². The number of hydrogen-bond donors (Lipinski definition) is 1. The van der Waals surface area contributed by atoms with Gasteiger partial charge in [-0.1, -0.05) is 24.2 Å². The van der Waals surface area contributed by atoms with E-state index in [1.54, 1.807) is 12.1 Å². The van der Waals surface area contributed by atoms with E-state index >= 15 is 0 Å². The molecule has 1 fully saturated rings. The summed E-state index contributed by atoms with van der Waals surface area (Å²) >= 11 is 1.37. The van der Waals surface area contributed by atoms with Crippen LogP contribution in [-0.2, 0) is 24.2 Å². The summed E-state index contributed by atoms with van der Waals surface area (Å²) in [5.41, 5.74) is 4.35. The summed E-state index contributed by atoms with van der Waals surface area (Å²) in [4.78, 5) is 15.4. The van der Waals surface area contributed by atoms with Gasteiger partial charge in [-0.3, -0.25) is 14.3 Å². The average Bonchev–Trinajstić information content (AvgIpc) is 3.47. The third kappa shape index (κ3) is 5.18. The molecule has 0 bridgehead atoms. The van der Waals surface area contributed by atoms with Gasteiger partial charge in [0.05, 0.1) is 11.8 Å². The SMILES string of the molecule is CC(Sc1nnc(CN2CCCCC2)n1-c1ccc(F)cc1)C(=O)Nc1ccc2c(c1)CCC2. The number of aryl methyl sites for hydroxylation is 2. The van der Waals surface area contributed by atoms with E-state index in [1.807, 2.05) is 17.6 Å². The maximum Gasteiger partial charge on any atom is 0.237 e. The number of piperidine rings is 1. The Labute approximate surface area is 203 Å². The highest BCUT2D eigenvalue weighted by atomic mass is 32.2. The molecular formula is C26H30FN5OS. The minimum atomic E-state index is -0.375. The molecule has 1 aliphatic heterocycles. The molecule has 6 nitrogen and oxygen atoms in total. The van der Waals surface area contributed by atoms with E-state index in [1.165, 1.54) is 60.7 Å². The predicted molar refractivity (Wildman–Crippen MR) is 133 cm³/mol. The molecule has 5 rings (SSSR count). The van der Waals surface area contributed by atoms with Gasteiger partial charge in [-0.2, -0.15) is 0 Å². The number of nitrogens with zero attached hydrogens (tertiary/aromatic N) is 4. The number of amides is 1. The maximum absolute atomic E-state index is 13.6. The molecule has 1 amide bonds. The molecule has 0 spiro atoms. The molecule has 3 aromatic rings. The third-order valence-electron chi connectivity index (χ3n) is 6.62. The van der Waals surface area contributed by atoms with Crippen LogP contribution in [0.15, 0.2) is 47.6 Å². The molecule has 34 heavy (non-hydrogen) atoms. The van der Waals surface area contributed by atoms with Crippen molar-refractivity contribution >= 4 is 23.4 Å². The molecule has 2 aliphatic rings. The monoisotopic (exact) mass is 479 g/mol. The Morgan fingerprint density at radius 3 is 2.59 bits per heavy atom. The number of thioether (sulfide) groups is 1. The molecule has 1 unspecified atom stereocenters. The van der Waals surface area contributed by atoms with Gasteiger partial charge in [-0.25, -0.2) is 4.39 Å². The van der Waals surface area contributed by atoms with Crippen molar-refractivity contribution in [2.75, 3.05) is 18.4 Å². The van der Waals surface area contributed by atoms with Crippen molar-refractivity contribution in [3.63, 3.8) is 0 Å². The predicted octanol–water partition coefficient (Wildman–Crippen LogP) is 5.00. The van der Waals surface area contributed by atoms with E-state index in [4.69, 9.17) is 0 Å². The minimum absolute atomic E-state index is 0.0748. The number of halogens is 1. The second kappa shape index (κ2) is 10.3. The van der Waals surface area contributed by atoms with Crippen LogP contribution >= 0.6 is 11.8 Å². The van der Waals surface area contributed by atoms with E-state index < -0.39 is 0 Å². The highest BCUT2D eigenvalue weighted by Gasteiger charge is 2.23. The summed E-state index contributed by atoms with van der Waals surface area (Å²) in [5.74, 6) is 0.446. The van der Waals surface area contributed by atoms with Crippen molar-refractivity contribution in [1.82, 2.24) is 19.7 Å². The Morgan fingerprint density at radius 2 is 1.79 bits per heavy atom. The highest BCUT2D eigenvalue weighted by Crippen LogP contribution is 2.29. The van der Waals surface area contributed by atoms with Gasteiger partial charge in [0.1, 0.15) is 5.82 Å². The summed E-state index contributed by atoms with van der Waals surface area (Å²) in [6.45, 7) is 4.64. The minimum Gasteiger partial charge on any atom is -0.325 e. The molecule has 178 valence electrons. The molecule has 1 atom stereocenters. The number of hydrogen-bond acceptors (Lipinski definition) is 5. The first-order valence-corrected chi connectivity index (χ1v) is 13.0. The summed E-state index contributed by atoms with van der Waals surface area (Å²) < 4.78 is 15.6. The van der Waals surface area contributed by atoms with Crippen LogP contribution in [0.1, 0.15) is 49.6 Å². The van der Waals surface area contributed by atoms with Crippen molar-refractivity contribution < 1.29 is 9.18 Å². The standard InChI is InChI=1S/C26H30FN5OS/c1-18(25(33)28-22-11-8-19-6-5-7-20(19)16-22)34-26-30-29-24(17-31-14-3-2-4-15-31)32(26)23-12-9-21(27)10-13-23/h8-13,16,18H,2-7,14-15,17H2,1H3,(H,28,33). The first kappa shape index (κ1) is 23.1.